The van der Waals surface area contributed by atoms with E-state index in [4.69, 9.17) is 4.74 Å². The van der Waals surface area contributed by atoms with Gasteiger partial charge in [-0.25, -0.2) is 0 Å². The quantitative estimate of drug-likeness (QED) is 0.607. The summed E-state index contributed by atoms with van der Waals surface area (Å²) in [6, 6.07) is 6.78. The summed E-state index contributed by atoms with van der Waals surface area (Å²) in [5, 5.41) is 5.67. The Morgan fingerprint density at radius 1 is 1.00 bits per heavy atom. The van der Waals surface area contributed by atoms with E-state index in [1.807, 2.05) is 0 Å². The summed E-state index contributed by atoms with van der Waals surface area (Å²) in [4.78, 5) is 31.8. The summed E-state index contributed by atoms with van der Waals surface area (Å²) in [6.45, 7) is 7.97. The van der Waals surface area contributed by atoms with Gasteiger partial charge in [0.25, 0.3) is 0 Å². The van der Waals surface area contributed by atoms with Gasteiger partial charge in [-0.15, -0.1) is 0 Å². The van der Waals surface area contributed by atoms with E-state index in [2.05, 4.69) is 50.6 Å². The lowest BCUT2D eigenvalue weighted by molar-refractivity contribution is -0.139. The summed E-state index contributed by atoms with van der Waals surface area (Å²) in [5.41, 5.74) is 3.91. The third-order valence-corrected chi connectivity index (χ3v) is 6.93. The maximum Gasteiger partial charge on any atom is 0.309 e. The molecular formula is C24H37N5O3. The van der Waals surface area contributed by atoms with E-state index in [0.717, 1.165) is 58.9 Å². The highest BCUT2D eigenvalue weighted by Crippen LogP contribution is 2.32. The molecule has 3 aliphatic rings. The molecule has 0 bridgehead atoms. The predicted molar refractivity (Wildman–Crippen MR) is 125 cm³/mol. The number of likely N-dealkylation sites (tertiary alicyclic amines) is 1. The van der Waals surface area contributed by atoms with Gasteiger partial charge in [-0.3, -0.25) is 19.4 Å². The highest BCUT2D eigenvalue weighted by molar-refractivity contribution is 6.35. The molecule has 1 aromatic carbocycles. The van der Waals surface area contributed by atoms with Crippen LogP contribution in [0.2, 0.25) is 0 Å². The molecule has 32 heavy (non-hydrogen) atoms. The Kier molecular flexibility index (Phi) is 8.00. The fourth-order valence-corrected chi connectivity index (χ4v) is 4.98. The number of piperidine rings is 1. The number of carbonyl (C=O) groups is 2. The SMILES string of the molecule is CN1CCc2cc([C@H](CNC(=O)C(=O)NCCN3CCOCC3)N3CCCCC3)ccc21. The van der Waals surface area contributed by atoms with Gasteiger partial charge in [0.1, 0.15) is 0 Å². The van der Waals surface area contributed by atoms with Gasteiger partial charge >= 0.3 is 11.8 Å². The third-order valence-electron chi connectivity index (χ3n) is 6.93. The maximum absolute atomic E-state index is 12.5. The minimum atomic E-state index is -0.550. The molecule has 0 spiro atoms. The van der Waals surface area contributed by atoms with Crippen LogP contribution in [0.3, 0.4) is 0 Å². The molecule has 3 heterocycles. The number of nitrogens with zero attached hydrogens (tertiary/aromatic N) is 3. The van der Waals surface area contributed by atoms with Crippen LogP contribution >= 0.6 is 0 Å². The van der Waals surface area contributed by atoms with Crippen molar-refractivity contribution < 1.29 is 14.3 Å². The number of hydrogen-bond acceptors (Lipinski definition) is 6. The third kappa shape index (κ3) is 5.79. The zero-order valence-electron chi connectivity index (χ0n) is 19.3. The van der Waals surface area contributed by atoms with Crippen LogP contribution in [-0.2, 0) is 20.7 Å². The number of amides is 2. The Hall–Kier alpha value is -2.16. The van der Waals surface area contributed by atoms with E-state index < -0.39 is 11.8 Å². The monoisotopic (exact) mass is 443 g/mol. The first-order valence-corrected chi connectivity index (χ1v) is 12.1. The number of rotatable bonds is 7. The fraction of sp³-hybridized carbons (Fsp3) is 0.667. The van der Waals surface area contributed by atoms with Crippen LogP contribution in [0.25, 0.3) is 0 Å². The van der Waals surface area contributed by atoms with Gasteiger partial charge < -0.3 is 20.3 Å². The van der Waals surface area contributed by atoms with Crippen molar-refractivity contribution in [3.63, 3.8) is 0 Å². The van der Waals surface area contributed by atoms with E-state index >= 15 is 0 Å². The molecule has 0 saturated carbocycles. The summed E-state index contributed by atoms with van der Waals surface area (Å²) >= 11 is 0. The van der Waals surface area contributed by atoms with Crippen LogP contribution in [0.15, 0.2) is 18.2 Å². The van der Waals surface area contributed by atoms with Crippen LogP contribution in [0.4, 0.5) is 5.69 Å². The molecule has 2 amide bonds. The second-order valence-electron chi connectivity index (χ2n) is 9.09. The highest BCUT2D eigenvalue weighted by atomic mass is 16.5. The normalized spacial score (nSPS) is 20.6. The maximum atomic E-state index is 12.5. The first-order chi connectivity index (χ1) is 15.6. The average molecular weight is 444 g/mol. The molecule has 0 aromatic heterocycles. The highest BCUT2D eigenvalue weighted by Gasteiger charge is 2.26. The zero-order valence-corrected chi connectivity index (χ0v) is 19.3. The molecule has 0 unspecified atom stereocenters. The van der Waals surface area contributed by atoms with E-state index in [9.17, 15) is 9.59 Å². The number of likely N-dealkylation sites (N-methyl/N-ethyl adjacent to an activating group) is 1. The van der Waals surface area contributed by atoms with Gasteiger partial charge in [-0.2, -0.15) is 0 Å². The molecule has 4 rings (SSSR count). The largest absolute Gasteiger partial charge is 0.379 e. The van der Waals surface area contributed by atoms with Crippen LogP contribution in [0.5, 0.6) is 0 Å². The number of carbonyl (C=O) groups excluding carboxylic acids is 2. The Morgan fingerprint density at radius 2 is 1.75 bits per heavy atom. The summed E-state index contributed by atoms with van der Waals surface area (Å²) in [7, 11) is 2.13. The minimum absolute atomic E-state index is 0.0941. The zero-order chi connectivity index (χ0) is 22.3. The van der Waals surface area contributed by atoms with E-state index in [0.29, 0.717) is 13.1 Å². The first kappa shape index (κ1) is 23.0. The standard InChI is InChI=1S/C24H37N5O3/c1-27-11-7-20-17-19(5-6-21(20)27)22(29-9-3-2-4-10-29)18-26-24(31)23(30)25-8-12-28-13-15-32-16-14-28/h5-6,17,22H,2-4,7-16,18H2,1H3,(H,25,30)(H,26,31)/t22-/m0/s1. The number of morpholine rings is 1. The van der Waals surface area contributed by atoms with E-state index in [1.165, 1.54) is 36.1 Å². The average Bonchev–Trinajstić information content (AvgIpc) is 3.20. The lowest BCUT2D eigenvalue weighted by Gasteiger charge is -2.35. The number of benzene rings is 1. The van der Waals surface area contributed by atoms with Crippen molar-refractivity contribution in [3.8, 4) is 0 Å². The Bertz CT molecular complexity index is 790. The summed E-state index contributed by atoms with van der Waals surface area (Å²) < 4.78 is 5.34. The van der Waals surface area contributed by atoms with Gasteiger partial charge in [-0.1, -0.05) is 18.6 Å². The molecule has 2 fully saturated rings. The van der Waals surface area contributed by atoms with E-state index in [1.54, 1.807) is 0 Å². The topological polar surface area (TPSA) is 77.2 Å². The van der Waals surface area contributed by atoms with Gasteiger partial charge in [-0.05, 0) is 49.5 Å². The predicted octanol–water partition coefficient (Wildman–Crippen LogP) is 0.771. The second kappa shape index (κ2) is 11.1. The molecular weight excluding hydrogens is 406 g/mol. The van der Waals surface area contributed by atoms with Crippen molar-refractivity contribution >= 4 is 17.5 Å². The van der Waals surface area contributed by atoms with Crippen LogP contribution in [0.1, 0.15) is 36.4 Å². The molecule has 0 radical (unpaired) electrons. The van der Waals surface area contributed by atoms with Gasteiger partial charge in [0, 0.05) is 52.0 Å². The van der Waals surface area contributed by atoms with E-state index in [-0.39, 0.29) is 6.04 Å². The number of hydrogen-bond donors (Lipinski definition) is 2. The van der Waals surface area contributed by atoms with Crippen molar-refractivity contribution in [2.75, 3.05) is 77.5 Å². The number of anilines is 1. The van der Waals surface area contributed by atoms with Gasteiger partial charge in [0.2, 0.25) is 0 Å². The second-order valence-corrected chi connectivity index (χ2v) is 9.09. The molecule has 8 nitrogen and oxygen atoms in total. The molecule has 1 atom stereocenters. The van der Waals surface area contributed by atoms with Crippen molar-refractivity contribution in [1.82, 2.24) is 20.4 Å². The number of nitrogens with one attached hydrogen (secondary N) is 2. The van der Waals surface area contributed by atoms with Crippen molar-refractivity contribution in [2.24, 2.45) is 0 Å². The number of ether oxygens (including phenoxy) is 1. The molecule has 8 heteroatoms. The lowest BCUT2D eigenvalue weighted by atomic mass is 9.98. The minimum Gasteiger partial charge on any atom is -0.379 e. The first-order valence-electron chi connectivity index (χ1n) is 12.1. The van der Waals surface area contributed by atoms with Crippen molar-refractivity contribution in [2.45, 2.75) is 31.7 Å². The van der Waals surface area contributed by atoms with Crippen LogP contribution in [-0.4, -0.2) is 94.2 Å². The molecule has 176 valence electrons. The van der Waals surface area contributed by atoms with Crippen molar-refractivity contribution in [1.29, 1.82) is 0 Å². The smallest absolute Gasteiger partial charge is 0.309 e. The Balaban J connectivity index is 1.32. The molecule has 1 aromatic rings. The number of fused-ring (bicyclic) bond motifs is 1. The molecule has 0 aliphatic carbocycles. The molecule has 2 N–H and O–H groups in total. The lowest BCUT2D eigenvalue weighted by Crippen LogP contribution is -2.47. The summed E-state index contributed by atoms with van der Waals surface area (Å²) in [5.74, 6) is -1.10. The van der Waals surface area contributed by atoms with Crippen molar-refractivity contribution in [3.05, 3.63) is 29.3 Å². The molecule has 2 saturated heterocycles. The Morgan fingerprint density at radius 3 is 2.53 bits per heavy atom. The van der Waals surface area contributed by atoms with Crippen LogP contribution in [0, 0.1) is 0 Å². The fourth-order valence-electron chi connectivity index (χ4n) is 4.98. The van der Waals surface area contributed by atoms with Gasteiger partial charge in [0.15, 0.2) is 0 Å². The Labute approximate surface area is 191 Å². The molecule has 3 aliphatic heterocycles. The van der Waals surface area contributed by atoms with Crippen LogP contribution < -0.4 is 15.5 Å². The van der Waals surface area contributed by atoms with Gasteiger partial charge in [0.05, 0.1) is 19.3 Å². The summed E-state index contributed by atoms with van der Waals surface area (Å²) in [6.07, 6.45) is 4.68.